The van der Waals surface area contributed by atoms with Crippen molar-refractivity contribution < 1.29 is 52.2 Å². The first kappa shape index (κ1) is 60.4. The van der Waals surface area contributed by atoms with Crippen LogP contribution in [0.2, 0.25) is 0 Å². The van der Waals surface area contributed by atoms with Crippen molar-refractivity contribution in [1.82, 2.24) is 0 Å². The molecule has 0 heterocycles. The highest BCUT2D eigenvalue weighted by molar-refractivity contribution is 7.47. The van der Waals surface area contributed by atoms with Gasteiger partial charge in [0.05, 0.1) is 19.8 Å². The van der Waals surface area contributed by atoms with Gasteiger partial charge in [0.25, 0.3) is 0 Å². The lowest BCUT2D eigenvalue weighted by atomic mass is 10.1. The zero-order valence-corrected chi connectivity index (χ0v) is 40.6. The summed E-state index contributed by atoms with van der Waals surface area (Å²) >= 11 is 0. The van der Waals surface area contributed by atoms with Crippen molar-refractivity contribution in [1.29, 1.82) is 0 Å². The Morgan fingerprint density at radius 3 is 1.25 bits per heavy atom. The predicted molar refractivity (Wildman–Crippen MR) is 260 cm³/mol. The summed E-state index contributed by atoms with van der Waals surface area (Å²) in [6, 6.07) is 0. The number of phosphoric acid groups is 1. The molecule has 364 valence electrons. The van der Waals surface area contributed by atoms with Crippen molar-refractivity contribution in [2.75, 3.05) is 26.4 Å². The number of carbonyl (C=O) groups is 3. The normalized spacial score (nSPS) is 14.4. The van der Waals surface area contributed by atoms with Crippen LogP contribution in [0.1, 0.15) is 175 Å². The third kappa shape index (κ3) is 43.6. The fourth-order valence-corrected chi connectivity index (χ4v) is 6.69. The summed E-state index contributed by atoms with van der Waals surface area (Å²) in [6.07, 6.45) is 51.4. The highest BCUT2D eigenvalue weighted by atomic mass is 31.2. The van der Waals surface area contributed by atoms with Gasteiger partial charge < -0.3 is 24.2 Å². The molecule has 0 aromatic heterocycles. The first-order chi connectivity index (χ1) is 31.2. The highest BCUT2D eigenvalue weighted by Gasteiger charge is 2.28. The average Bonchev–Trinajstić information content (AvgIpc) is 3.28. The van der Waals surface area contributed by atoms with Crippen LogP contribution < -0.4 is 0 Å². The monoisotopic (exact) mass is 917 g/mol. The molecular weight excluding hydrogens is 832 g/mol. The molecule has 0 aromatic rings. The van der Waals surface area contributed by atoms with E-state index in [9.17, 15) is 28.9 Å². The van der Waals surface area contributed by atoms with Crippen molar-refractivity contribution >= 4 is 25.7 Å². The third-order valence-corrected chi connectivity index (χ3v) is 10.5. The zero-order chi connectivity index (χ0) is 47.0. The molecule has 3 unspecified atom stereocenters. The minimum absolute atomic E-state index is 0.0283. The predicted octanol–water partition coefficient (Wildman–Crippen LogP) is 13.4. The van der Waals surface area contributed by atoms with Crippen LogP contribution in [0.4, 0.5) is 0 Å². The number of rotatable bonds is 43. The lowest BCUT2D eigenvalue weighted by Crippen LogP contribution is -2.30. The maximum Gasteiger partial charge on any atom is 0.472 e. The maximum absolute atomic E-state index is 12.8. The molecule has 64 heavy (non-hydrogen) atoms. The van der Waals surface area contributed by atoms with Crippen molar-refractivity contribution in [2.45, 2.75) is 187 Å². The molecule has 0 bridgehead atoms. The van der Waals surface area contributed by atoms with Gasteiger partial charge in [0.1, 0.15) is 12.7 Å². The van der Waals surface area contributed by atoms with Crippen LogP contribution >= 0.6 is 7.82 Å². The van der Waals surface area contributed by atoms with Gasteiger partial charge in [0, 0.05) is 19.3 Å². The summed E-state index contributed by atoms with van der Waals surface area (Å²) in [5, 5.41) is 9.74. The molecule has 0 aliphatic heterocycles. The molecule has 0 saturated carbocycles. The summed E-state index contributed by atoms with van der Waals surface area (Å²) in [6.45, 7) is 4.19. The summed E-state index contributed by atoms with van der Waals surface area (Å²) in [5.41, 5.74) is 0. The number of esters is 3. The van der Waals surface area contributed by atoms with Crippen LogP contribution in [-0.2, 0) is 42.2 Å². The molecule has 0 rings (SSSR count). The first-order valence-electron chi connectivity index (χ1n) is 24.1. The second-order valence-electron chi connectivity index (χ2n) is 15.5. The molecule has 0 aliphatic carbocycles. The Balaban J connectivity index is 4.94. The van der Waals surface area contributed by atoms with E-state index in [1.807, 2.05) is 30.4 Å². The molecule has 0 spiro atoms. The number of aliphatic hydroxyl groups is 1. The number of hydrogen-bond acceptors (Lipinski definition) is 10. The van der Waals surface area contributed by atoms with Gasteiger partial charge in [-0.3, -0.25) is 23.4 Å². The summed E-state index contributed by atoms with van der Waals surface area (Å²) in [5.74, 6) is -1.67. The van der Waals surface area contributed by atoms with Crippen LogP contribution in [0, 0.1) is 0 Å². The Hall–Kier alpha value is -3.60. The third-order valence-electron chi connectivity index (χ3n) is 9.53. The molecule has 0 saturated heterocycles. The van der Waals surface area contributed by atoms with Crippen LogP contribution in [-0.4, -0.2) is 66.5 Å². The van der Waals surface area contributed by atoms with Crippen LogP contribution in [0.3, 0.4) is 0 Å². The van der Waals surface area contributed by atoms with E-state index in [0.717, 1.165) is 64.2 Å². The van der Waals surface area contributed by atoms with Crippen LogP contribution in [0.5, 0.6) is 0 Å². The Morgan fingerprint density at radius 2 is 0.812 bits per heavy atom. The molecule has 2 N–H and O–H groups in total. The largest absolute Gasteiger partial charge is 0.472 e. The molecular formula is C52H85O11P. The molecule has 0 aromatic carbocycles. The topological polar surface area (TPSA) is 155 Å². The Morgan fingerprint density at radius 1 is 0.453 bits per heavy atom. The molecule has 12 heteroatoms. The quantitative estimate of drug-likeness (QED) is 0.0197. The fraction of sp³-hybridized carbons (Fsp3) is 0.635. The standard InChI is InChI=1S/C52H85O11P/c1-4-7-10-13-16-19-22-24-27-29-32-35-38-41-50(54)59-45-49(63-52(56)43-40-37-34-31-28-25-23-20-17-14-11-8-5-2)47-61-64(57,58)60-46-48(44-53)62-51(55)42-39-36-33-30-26-21-18-15-12-9-6-3/h7-8,10-11,16-17,19-20,24-25,27-28,32,34-35,37,48-49,53H,4-6,9,12-15,18,21-23,26,29-31,33,36,38-47H2,1-3H3,(H,57,58)/b10-7-,11-8-,19-16-,20-17-,27-24-,28-25-,35-32-,37-34-. The molecule has 0 fully saturated rings. The molecule has 0 radical (unpaired) electrons. The number of unbranched alkanes of at least 4 members (excludes halogenated alkanes) is 10. The van der Waals surface area contributed by atoms with Gasteiger partial charge in [-0.25, -0.2) is 4.57 Å². The van der Waals surface area contributed by atoms with E-state index in [1.54, 1.807) is 0 Å². The van der Waals surface area contributed by atoms with E-state index in [2.05, 4.69) is 87.6 Å². The number of ether oxygens (including phenoxy) is 3. The van der Waals surface area contributed by atoms with E-state index in [4.69, 9.17) is 23.3 Å². The van der Waals surface area contributed by atoms with E-state index in [-0.39, 0.29) is 19.3 Å². The second-order valence-corrected chi connectivity index (χ2v) is 17.0. The number of aliphatic hydroxyl groups excluding tert-OH is 1. The second kappa shape index (κ2) is 45.9. The van der Waals surface area contributed by atoms with Gasteiger partial charge in [-0.2, -0.15) is 0 Å². The lowest BCUT2D eigenvalue weighted by molar-refractivity contribution is -0.161. The minimum Gasteiger partial charge on any atom is -0.462 e. The van der Waals surface area contributed by atoms with Gasteiger partial charge in [0.2, 0.25) is 0 Å². The minimum atomic E-state index is -4.77. The zero-order valence-electron chi connectivity index (χ0n) is 39.7. The fourth-order valence-electron chi connectivity index (χ4n) is 5.91. The highest BCUT2D eigenvalue weighted by Crippen LogP contribution is 2.43. The smallest absolute Gasteiger partial charge is 0.462 e. The molecule has 0 aliphatic rings. The van der Waals surface area contributed by atoms with Crippen molar-refractivity contribution in [2.24, 2.45) is 0 Å². The van der Waals surface area contributed by atoms with Gasteiger partial charge in [-0.15, -0.1) is 0 Å². The van der Waals surface area contributed by atoms with Gasteiger partial charge in [-0.05, 0) is 70.6 Å². The number of hydrogen-bond donors (Lipinski definition) is 2. The maximum atomic E-state index is 12.8. The van der Waals surface area contributed by atoms with Crippen molar-refractivity contribution in [3.8, 4) is 0 Å². The Bertz CT molecular complexity index is 1440. The lowest BCUT2D eigenvalue weighted by Gasteiger charge is -2.21. The van der Waals surface area contributed by atoms with Gasteiger partial charge in [-0.1, -0.05) is 182 Å². The number of phosphoric ester groups is 1. The Labute approximate surface area is 387 Å². The van der Waals surface area contributed by atoms with Gasteiger partial charge in [0.15, 0.2) is 6.10 Å². The van der Waals surface area contributed by atoms with Crippen LogP contribution in [0.25, 0.3) is 0 Å². The van der Waals surface area contributed by atoms with Crippen molar-refractivity contribution in [3.63, 3.8) is 0 Å². The summed E-state index contributed by atoms with van der Waals surface area (Å²) < 4.78 is 39.0. The van der Waals surface area contributed by atoms with Crippen LogP contribution in [0.15, 0.2) is 97.2 Å². The SMILES string of the molecule is CC/C=C\C/C=C\C/C=C\C/C=C\CCC(=O)OCC(COP(=O)(O)OCC(CO)OC(=O)CCCCCCCCCCCCC)OC(=O)CC/C=C\C/C=C\C/C=C\C/C=C\CC. The van der Waals surface area contributed by atoms with E-state index in [0.29, 0.717) is 25.7 Å². The van der Waals surface area contributed by atoms with E-state index in [1.165, 1.54) is 44.9 Å². The van der Waals surface area contributed by atoms with Crippen molar-refractivity contribution in [3.05, 3.63) is 97.2 Å². The summed E-state index contributed by atoms with van der Waals surface area (Å²) in [7, 11) is -4.77. The number of allylic oxidation sites excluding steroid dienone is 16. The Kier molecular flexibility index (Phi) is 43.4. The van der Waals surface area contributed by atoms with Gasteiger partial charge >= 0.3 is 25.7 Å². The summed E-state index contributed by atoms with van der Waals surface area (Å²) in [4.78, 5) is 48.1. The average molecular weight is 917 g/mol. The molecule has 3 atom stereocenters. The first-order valence-corrected chi connectivity index (χ1v) is 25.6. The molecule has 0 amide bonds. The molecule has 11 nitrogen and oxygen atoms in total. The van der Waals surface area contributed by atoms with E-state index >= 15 is 0 Å². The van der Waals surface area contributed by atoms with E-state index < -0.39 is 64.4 Å². The number of carbonyl (C=O) groups excluding carboxylic acids is 3.